The van der Waals surface area contributed by atoms with Crippen LogP contribution in [0.2, 0.25) is 0 Å². The number of carbonyl (C=O) groups excluding carboxylic acids is 1. The summed E-state index contributed by atoms with van der Waals surface area (Å²) in [6, 6.07) is 11.6. The predicted molar refractivity (Wildman–Crippen MR) is 72.6 cm³/mol. The van der Waals surface area contributed by atoms with E-state index in [1.54, 1.807) is 4.90 Å². The van der Waals surface area contributed by atoms with Crippen LogP contribution in [0.15, 0.2) is 42.5 Å². The maximum absolute atomic E-state index is 13.3. The van der Waals surface area contributed by atoms with Gasteiger partial charge in [-0.15, -0.1) is 0 Å². The van der Waals surface area contributed by atoms with Gasteiger partial charge in [0.15, 0.2) is 0 Å². The van der Waals surface area contributed by atoms with Gasteiger partial charge < -0.3 is 10.6 Å². The van der Waals surface area contributed by atoms with Crippen LogP contribution in [0.4, 0.5) is 15.8 Å². The molecular formula is C15H13FN2O. The standard InChI is InChI=1S/C15H13FN2O/c16-11-5-6-13(17)12(9-11)15(19)18-8-7-10-3-1-2-4-14(10)18/h1-6,9H,7-8,17H2. The second kappa shape index (κ2) is 4.39. The van der Waals surface area contributed by atoms with Gasteiger partial charge in [0, 0.05) is 17.9 Å². The Morgan fingerprint density at radius 1 is 1.21 bits per heavy atom. The van der Waals surface area contributed by atoms with Crippen LogP contribution >= 0.6 is 0 Å². The monoisotopic (exact) mass is 256 g/mol. The molecule has 0 spiro atoms. The highest BCUT2D eigenvalue weighted by molar-refractivity contribution is 6.10. The summed E-state index contributed by atoms with van der Waals surface area (Å²) in [5.74, 6) is -0.702. The fourth-order valence-electron chi connectivity index (χ4n) is 2.41. The summed E-state index contributed by atoms with van der Waals surface area (Å²) < 4.78 is 13.3. The Morgan fingerprint density at radius 3 is 2.84 bits per heavy atom. The normalized spacial score (nSPS) is 13.4. The van der Waals surface area contributed by atoms with Crippen LogP contribution < -0.4 is 10.6 Å². The number of nitrogens with two attached hydrogens (primary N) is 1. The van der Waals surface area contributed by atoms with Gasteiger partial charge >= 0.3 is 0 Å². The van der Waals surface area contributed by atoms with E-state index in [1.807, 2.05) is 24.3 Å². The fraction of sp³-hybridized carbons (Fsp3) is 0.133. The van der Waals surface area contributed by atoms with Crippen LogP contribution in [0.1, 0.15) is 15.9 Å². The molecule has 2 aromatic carbocycles. The molecule has 0 atom stereocenters. The van der Waals surface area contributed by atoms with Gasteiger partial charge in [-0.25, -0.2) is 4.39 Å². The number of para-hydroxylation sites is 1. The van der Waals surface area contributed by atoms with Gasteiger partial charge in [-0.1, -0.05) is 18.2 Å². The summed E-state index contributed by atoms with van der Waals surface area (Å²) in [4.78, 5) is 14.1. The number of benzene rings is 2. The Hall–Kier alpha value is -2.36. The molecule has 1 aliphatic rings. The number of anilines is 2. The van der Waals surface area contributed by atoms with E-state index >= 15 is 0 Å². The zero-order valence-electron chi connectivity index (χ0n) is 10.3. The Balaban J connectivity index is 2.00. The minimum Gasteiger partial charge on any atom is -0.398 e. The zero-order chi connectivity index (χ0) is 13.4. The van der Waals surface area contributed by atoms with Crippen LogP contribution in [0.5, 0.6) is 0 Å². The third-order valence-corrected chi connectivity index (χ3v) is 3.38. The first kappa shape index (κ1) is 11.7. The molecule has 0 radical (unpaired) electrons. The minimum atomic E-state index is -0.454. The summed E-state index contributed by atoms with van der Waals surface area (Å²) in [5, 5.41) is 0. The first-order chi connectivity index (χ1) is 9.16. The number of nitrogens with zero attached hydrogens (tertiary/aromatic N) is 1. The molecule has 0 saturated heterocycles. The average Bonchev–Trinajstić information content (AvgIpc) is 2.84. The van der Waals surface area contributed by atoms with Crippen molar-refractivity contribution in [2.75, 3.05) is 17.2 Å². The van der Waals surface area contributed by atoms with Crippen molar-refractivity contribution in [1.82, 2.24) is 0 Å². The maximum Gasteiger partial charge on any atom is 0.260 e. The van der Waals surface area contributed by atoms with Gasteiger partial charge in [-0.3, -0.25) is 4.79 Å². The highest BCUT2D eigenvalue weighted by Gasteiger charge is 2.26. The molecule has 1 aliphatic heterocycles. The van der Waals surface area contributed by atoms with Gasteiger partial charge in [0.1, 0.15) is 5.82 Å². The van der Waals surface area contributed by atoms with Crippen molar-refractivity contribution in [3.05, 3.63) is 59.4 Å². The van der Waals surface area contributed by atoms with Gasteiger partial charge in [0.05, 0.1) is 5.56 Å². The van der Waals surface area contributed by atoms with E-state index in [-0.39, 0.29) is 11.5 Å². The Labute approximate surface area is 110 Å². The number of hydrogen-bond donors (Lipinski definition) is 1. The van der Waals surface area contributed by atoms with Gasteiger partial charge in [0.2, 0.25) is 0 Å². The molecule has 3 nitrogen and oxygen atoms in total. The van der Waals surface area contributed by atoms with Gasteiger partial charge in [0.25, 0.3) is 5.91 Å². The average molecular weight is 256 g/mol. The zero-order valence-corrected chi connectivity index (χ0v) is 10.3. The third kappa shape index (κ3) is 1.95. The molecule has 2 N–H and O–H groups in total. The molecule has 1 heterocycles. The molecule has 2 aromatic rings. The van der Waals surface area contributed by atoms with Crippen molar-refractivity contribution in [3.8, 4) is 0 Å². The highest BCUT2D eigenvalue weighted by Crippen LogP contribution is 2.29. The number of amides is 1. The minimum absolute atomic E-state index is 0.219. The van der Waals surface area contributed by atoms with E-state index < -0.39 is 5.82 Å². The summed E-state index contributed by atoms with van der Waals surface area (Å²) in [5.41, 5.74) is 8.30. The van der Waals surface area contributed by atoms with Crippen molar-refractivity contribution in [3.63, 3.8) is 0 Å². The van der Waals surface area contributed by atoms with Crippen LogP contribution in [-0.4, -0.2) is 12.5 Å². The Kier molecular flexibility index (Phi) is 2.71. The summed E-state index contributed by atoms with van der Waals surface area (Å²) in [7, 11) is 0. The topological polar surface area (TPSA) is 46.3 Å². The number of halogens is 1. The van der Waals surface area contributed by atoms with Crippen molar-refractivity contribution >= 4 is 17.3 Å². The Morgan fingerprint density at radius 2 is 2.00 bits per heavy atom. The van der Waals surface area contributed by atoms with Crippen molar-refractivity contribution in [1.29, 1.82) is 0 Å². The number of rotatable bonds is 1. The SMILES string of the molecule is Nc1ccc(F)cc1C(=O)N1CCc2ccccc21. The molecule has 1 amide bonds. The van der Waals surface area contributed by atoms with Crippen LogP contribution in [0.25, 0.3) is 0 Å². The molecule has 4 heteroatoms. The van der Waals surface area contributed by atoms with Crippen molar-refractivity contribution < 1.29 is 9.18 Å². The van der Waals surface area contributed by atoms with E-state index in [2.05, 4.69) is 0 Å². The van der Waals surface area contributed by atoms with E-state index in [4.69, 9.17) is 5.73 Å². The predicted octanol–water partition coefficient (Wildman–Crippen LogP) is 2.61. The Bertz CT molecular complexity index is 654. The van der Waals surface area contributed by atoms with Gasteiger partial charge in [-0.2, -0.15) is 0 Å². The molecule has 96 valence electrons. The molecule has 0 aromatic heterocycles. The molecule has 19 heavy (non-hydrogen) atoms. The summed E-state index contributed by atoms with van der Waals surface area (Å²) in [6.45, 7) is 0.605. The molecule has 3 rings (SSSR count). The molecule has 0 aliphatic carbocycles. The first-order valence-corrected chi connectivity index (χ1v) is 6.11. The lowest BCUT2D eigenvalue weighted by Gasteiger charge is -2.18. The van der Waals surface area contributed by atoms with Crippen LogP contribution in [0.3, 0.4) is 0 Å². The van der Waals surface area contributed by atoms with E-state index in [1.165, 1.54) is 18.2 Å². The van der Waals surface area contributed by atoms with Gasteiger partial charge in [-0.05, 0) is 36.2 Å². The second-order valence-corrected chi connectivity index (χ2v) is 4.57. The maximum atomic E-state index is 13.3. The van der Waals surface area contributed by atoms with Crippen LogP contribution in [0, 0.1) is 5.82 Å². The lowest BCUT2D eigenvalue weighted by Crippen LogP contribution is -2.29. The fourth-order valence-corrected chi connectivity index (χ4v) is 2.41. The molecule has 0 fully saturated rings. The number of hydrogen-bond acceptors (Lipinski definition) is 2. The molecule has 0 bridgehead atoms. The second-order valence-electron chi connectivity index (χ2n) is 4.57. The molecule has 0 saturated carbocycles. The number of carbonyl (C=O) groups is 1. The lowest BCUT2D eigenvalue weighted by molar-refractivity contribution is 0.0990. The largest absolute Gasteiger partial charge is 0.398 e. The summed E-state index contributed by atoms with van der Waals surface area (Å²) in [6.07, 6.45) is 0.817. The molecular weight excluding hydrogens is 243 g/mol. The summed E-state index contributed by atoms with van der Waals surface area (Å²) >= 11 is 0. The molecule has 0 unspecified atom stereocenters. The van der Waals surface area contributed by atoms with E-state index in [9.17, 15) is 9.18 Å². The van der Waals surface area contributed by atoms with Crippen LogP contribution in [-0.2, 0) is 6.42 Å². The number of nitrogen functional groups attached to an aromatic ring is 1. The lowest BCUT2D eigenvalue weighted by atomic mass is 10.1. The van der Waals surface area contributed by atoms with Crippen molar-refractivity contribution in [2.24, 2.45) is 0 Å². The first-order valence-electron chi connectivity index (χ1n) is 6.11. The highest BCUT2D eigenvalue weighted by atomic mass is 19.1. The van der Waals surface area contributed by atoms with E-state index in [0.29, 0.717) is 12.2 Å². The smallest absolute Gasteiger partial charge is 0.260 e. The third-order valence-electron chi connectivity index (χ3n) is 3.38. The van der Waals surface area contributed by atoms with E-state index in [0.717, 1.165) is 17.7 Å². The number of fused-ring (bicyclic) bond motifs is 1. The quantitative estimate of drug-likeness (QED) is 0.797. The van der Waals surface area contributed by atoms with Crippen molar-refractivity contribution in [2.45, 2.75) is 6.42 Å².